The molecule has 11 heavy (non-hydrogen) atoms. The Morgan fingerprint density at radius 3 is 2.73 bits per heavy atom. The maximum Gasteiger partial charge on any atom is 0.239 e. The standard InChI is InChI=1S/C6H13N3O2/c1-7-2-3-9-6(11)4-8-5-10/h5,7H,2-4H2,1H3,(H,8,10)(H,9,11). The van der Waals surface area contributed by atoms with Crippen molar-refractivity contribution in [2.75, 3.05) is 26.7 Å². The van der Waals surface area contributed by atoms with Crippen LogP contribution in [0.2, 0.25) is 0 Å². The Balaban J connectivity index is 3.15. The lowest BCUT2D eigenvalue weighted by molar-refractivity contribution is -0.122. The van der Waals surface area contributed by atoms with Gasteiger partial charge in [-0.3, -0.25) is 9.59 Å². The second-order valence-electron chi connectivity index (χ2n) is 1.95. The second kappa shape index (κ2) is 7.01. The topological polar surface area (TPSA) is 70.2 Å². The Kier molecular flexibility index (Phi) is 6.31. The Hall–Kier alpha value is -1.10. The lowest BCUT2D eigenvalue weighted by Gasteiger charge is -2.02. The first kappa shape index (κ1) is 9.90. The van der Waals surface area contributed by atoms with Crippen LogP contribution in [0, 0.1) is 0 Å². The minimum absolute atomic E-state index is 0.0488. The number of rotatable bonds is 6. The third kappa shape index (κ3) is 6.79. The van der Waals surface area contributed by atoms with Crippen LogP contribution in [0.15, 0.2) is 0 Å². The summed E-state index contributed by atoms with van der Waals surface area (Å²) in [6.07, 6.45) is 0.498. The van der Waals surface area contributed by atoms with Crippen LogP contribution < -0.4 is 16.0 Å². The van der Waals surface area contributed by atoms with Gasteiger partial charge in [-0.05, 0) is 7.05 Å². The molecule has 0 spiro atoms. The van der Waals surface area contributed by atoms with Gasteiger partial charge in [-0.15, -0.1) is 0 Å². The van der Waals surface area contributed by atoms with Gasteiger partial charge < -0.3 is 16.0 Å². The first-order valence-corrected chi connectivity index (χ1v) is 3.39. The van der Waals surface area contributed by atoms with Crippen LogP contribution in [0.3, 0.4) is 0 Å². The van der Waals surface area contributed by atoms with Crippen molar-refractivity contribution in [1.82, 2.24) is 16.0 Å². The molecule has 0 aromatic rings. The molecule has 0 aliphatic carbocycles. The van der Waals surface area contributed by atoms with E-state index < -0.39 is 0 Å². The van der Waals surface area contributed by atoms with E-state index >= 15 is 0 Å². The molecule has 2 amide bonds. The monoisotopic (exact) mass is 159 g/mol. The van der Waals surface area contributed by atoms with Crippen LogP contribution in [0.4, 0.5) is 0 Å². The van der Waals surface area contributed by atoms with Crippen LogP contribution in [0.25, 0.3) is 0 Å². The predicted molar refractivity (Wildman–Crippen MR) is 41.0 cm³/mol. The summed E-state index contributed by atoms with van der Waals surface area (Å²) < 4.78 is 0. The van der Waals surface area contributed by atoms with E-state index in [9.17, 15) is 9.59 Å². The van der Waals surface area contributed by atoms with Crippen molar-refractivity contribution in [2.24, 2.45) is 0 Å². The van der Waals surface area contributed by atoms with E-state index in [-0.39, 0.29) is 12.5 Å². The lowest BCUT2D eigenvalue weighted by atomic mass is 10.5. The lowest BCUT2D eigenvalue weighted by Crippen LogP contribution is -2.36. The number of carbonyl (C=O) groups excluding carboxylic acids is 2. The van der Waals surface area contributed by atoms with Crippen molar-refractivity contribution >= 4 is 12.3 Å². The molecular weight excluding hydrogens is 146 g/mol. The van der Waals surface area contributed by atoms with Gasteiger partial charge in [0.15, 0.2) is 0 Å². The van der Waals surface area contributed by atoms with Crippen LogP contribution in [-0.2, 0) is 9.59 Å². The first-order chi connectivity index (χ1) is 5.31. The Morgan fingerprint density at radius 1 is 1.45 bits per heavy atom. The molecule has 0 aliphatic rings. The summed E-state index contributed by atoms with van der Waals surface area (Å²) in [6.45, 7) is 1.36. The summed E-state index contributed by atoms with van der Waals surface area (Å²) >= 11 is 0. The van der Waals surface area contributed by atoms with Gasteiger partial charge in [-0.1, -0.05) is 0 Å². The van der Waals surface area contributed by atoms with Gasteiger partial charge in [0.05, 0.1) is 6.54 Å². The number of nitrogens with one attached hydrogen (secondary N) is 3. The molecule has 0 aromatic carbocycles. The molecule has 0 aromatic heterocycles. The highest BCUT2D eigenvalue weighted by Crippen LogP contribution is 1.61. The Labute approximate surface area is 65.5 Å². The van der Waals surface area contributed by atoms with Crippen molar-refractivity contribution in [3.63, 3.8) is 0 Å². The maximum atomic E-state index is 10.7. The molecule has 5 heteroatoms. The first-order valence-electron chi connectivity index (χ1n) is 3.39. The van der Waals surface area contributed by atoms with Crippen molar-refractivity contribution in [1.29, 1.82) is 0 Å². The van der Waals surface area contributed by atoms with Crippen LogP contribution in [0.1, 0.15) is 0 Å². The van der Waals surface area contributed by atoms with E-state index in [1.165, 1.54) is 0 Å². The second-order valence-corrected chi connectivity index (χ2v) is 1.95. The average molecular weight is 159 g/mol. The minimum atomic E-state index is -0.174. The summed E-state index contributed by atoms with van der Waals surface area (Å²) in [5.41, 5.74) is 0. The molecule has 0 bridgehead atoms. The highest BCUT2D eigenvalue weighted by Gasteiger charge is 1.96. The molecule has 0 heterocycles. The molecule has 0 saturated heterocycles. The van der Waals surface area contributed by atoms with Crippen molar-refractivity contribution < 1.29 is 9.59 Å². The number of amides is 2. The molecule has 5 nitrogen and oxygen atoms in total. The molecule has 0 rings (SSSR count). The number of carbonyl (C=O) groups is 2. The third-order valence-corrected chi connectivity index (χ3v) is 1.04. The van der Waals surface area contributed by atoms with Crippen molar-refractivity contribution in [3.8, 4) is 0 Å². The number of hydrogen-bond acceptors (Lipinski definition) is 3. The van der Waals surface area contributed by atoms with E-state index in [2.05, 4.69) is 16.0 Å². The summed E-state index contributed by atoms with van der Waals surface area (Å²) in [4.78, 5) is 20.5. The fourth-order valence-corrected chi connectivity index (χ4v) is 0.524. The van der Waals surface area contributed by atoms with Crippen LogP contribution in [-0.4, -0.2) is 39.0 Å². The quantitative estimate of drug-likeness (QED) is 0.312. The van der Waals surface area contributed by atoms with E-state index in [0.29, 0.717) is 13.0 Å². The minimum Gasteiger partial charge on any atom is -0.353 e. The largest absolute Gasteiger partial charge is 0.353 e. The zero-order chi connectivity index (χ0) is 8.53. The third-order valence-electron chi connectivity index (χ3n) is 1.04. The van der Waals surface area contributed by atoms with E-state index in [1.54, 1.807) is 7.05 Å². The van der Waals surface area contributed by atoms with Crippen molar-refractivity contribution in [3.05, 3.63) is 0 Å². The summed E-state index contributed by atoms with van der Waals surface area (Å²) in [6, 6.07) is 0. The number of hydrogen-bond donors (Lipinski definition) is 3. The summed E-state index contributed by atoms with van der Waals surface area (Å²) in [5.74, 6) is -0.174. The molecule has 0 fully saturated rings. The fourth-order valence-electron chi connectivity index (χ4n) is 0.524. The van der Waals surface area contributed by atoms with E-state index in [0.717, 1.165) is 6.54 Å². The van der Waals surface area contributed by atoms with Crippen molar-refractivity contribution in [2.45, 2.75) is 0 Å². The van der Waals surface area contributed by atoms with Crippen LogP contribution >= 0.6 is 0 Å². The summed E-state index contributed by atoms with van der Waals surface area (Å²) in [7, 11) is 1.80. The molecule has 0 radical (unpaired) electrons. The van der Waals surface area contributed by atoms with Gasteiger partial charge in [0.2, 0.25) is 12.3 Å². The predicted octanol–water partition coefficient (Wildman–Crippen LogP) is -1.93. The SMILES string of the molecule is CNCCNC(=O)CNC=O. The smallest absolute Gasteiger partial charge is 0.239 e. The molecule has 3 N–H and O–H groups in total. The maximum absolute atomic E-state index is 10.7. The molecule has 64 valence electrons. The van der Waals surface area contributed by atoms with Gasteiger partial charge in [0, 0.05) is 13.1 Å². The van der Waals surface area contributed by atoms with E-state index in [4.69, 9.17) is 0 Å². The highest BCUT2D eigenvalue weighted by atomic mass is 16.2. The van der Waals surface area contributed by atoms with E-state index in [1.807, 2.05) is 0 Å². The number of likely N-dealkylation sites (N-methyl/N-ethyl adjacent to an activating group) is 1. The van der Waals surface area contributed by atoms with Gasteiger partial charge in [0.25, 0.3) is 0 Å². The molecular formula is C6H13N3O2. The van der Waals surface area contributed by atoms with Crippen LogP contribution in [0.5, 0.6) is 0 Å². The molecule has 0 aliphatic heterocycles. The normalized spacial score (nSPS) is 8.82. The van der Waals surface area contributed by atoms with Gasteiger partial charge >= 0.3 is 0 Å². The molecule has 0 atom stereocenters. The van der Waals surface area contributed by atoms with Gasteiger partial charge in [-0.2, -0.15) is 0 Å². The molecule has 0 unspecified atom stereocenters. The average Bonchev–Trinajstić information content (AvgIpc) is 2.01. The summed E-state index contributed by atoms with van der Waals surface area (Å²) in [5, 5.41) is 7.73. The zero-order valence-electron chi connectivity index (χ0n) is 6.52. The Bertz CT molecular complexity index is 127. The van der Waals surface area contributed by atoms with Gasteiger partial charge in [0.1, 0.15) is 0 Å². The fraction of sp³-hybridized carbons (Fsp3) is 0.667. The van der Waals surface area contributed by atoms with Gasteiger partial charge in [-0.25, -0.2) is 0 Å². The zero-order valence-corrected chi connectivity index (χ0v) is 6.52. The Morgan fingerprint density at radius 2 is 2.18 bits per heavy atom. The molecule has 0 saturated carbocycles. The highest BCUT2D eigenvalue weighted by molar-refractivity contribution is 5.79.